The summed E-state index contributed by atoms with van der Waals surface area (Å²) in [6.07, 6.45) is 3.66. The average molecular weight is 391 g/mol. The van der Waals surface area contributed by atoms with Crippen molar-refractivity contribution in [2.24, 2.45) is 0 Å². The Morgan fingerprint density at radius 1 is 0.923 bits per heavy atom. The van der Waals surface area contributed by atoms with E-state index in [0.717, 1.165) is 11.0 Å². The van der Waals surface area contributed by atoms with Crippen LogP contribution in [0.1, 0.15) is 38.8 Å². The lowest BCUT2D eigenvalue weighted by Gasteiger charge is -2.32. The van der Waals surface area contributed by atoms with E-state index >= 15 is 0 Å². The van der Waals surface area contributed by atoms with Gasteiger partial charge in [0.2, 0.25) is 0 Å². The summed E-state index contributed by atoms with van der Waals surface area (Å²) < 4.78 is 12.1. The SMILES string of the molecule is CC1(C)OB(c2ccc(/C=C\c3cc(Cl)cc(Cl)c3O)cc2)OC1(C)C. The first-order chi connectivity index (χ1) is 12.1. The van der Waals surface area contributed by atoms with Crippen molar-refractivity contribution in [3.63, 3.8) is 0 Å². The Morgan fingerprint density at radius 2 is 1.50 bits per heavy atom. The number of halogens is 2. The second-order valence-corrected chi connectivity index (χ2v) is 8.26. The van der Waals surface area contributed by atoms with E-state index in [4.69, 9.17) is 32.5 Å². The van der Waals surface area contributed by atoms with E-state index in [2.05, 4.69) is 0 Å². The van der Waals surface area contributed by atoms with Gasteiger partial charge in [-0.3, -0.25) is 0 Å². The molecule has 136 valence electrons. The van der Waals surface area contributed by atoms with Gasteiger partial charge in [-0.25, -0.2) is 0 Å². The number of phenols is 1. The number of hydrogen-bond donors (Lipinski definition) is 1. The van der Waals surface area contributed by atoms with E-state index in [0.29, 0.717) is 10.6 Å². The molecule has 0 radical (unpaired) electrons. The summed E-state index contributed by atoms with van der Waals surface area (Å²) in [5.41, 5.74) is 1.78. The van der Waals surface area contributed by atoms with Gasteiger partial charge >= 0.3 is 7.12 Å². The molecule has 6 heteroatoms. The highest BCUT2D eigenvalue weighted by molar-refractivity contribution is 6.62. The normalized spacial score (nSPS) is 18.6. The first-order valence-electron chi connectivity index (χ1n) is 8.41. The standard InChI is InChI=1S/C20H21BCl2O3/c1-19(2)20(3,4)26-21(25-19)15-9-6-13(7-10-15)5-8-14-11-16(22)12-17(23)18(14)24/h5-12,24H,1-4H3/b8-5-. The lowest BCUT2D eigenvalue weighted by atomic mass is 9.79. The summed E-state index contributed by atoms with van der Waals surface area (Å²) in [5.74, 6) is 0.0150. The van der Waals surface area contributed by atoms with Gasteiger partial charge in [0.1, 0.15) is 5.75 Å². The molecular weight excluding hydrogens is 370 g/mol. The van der Waals surface area contributed by atoms with E-state index in [1.54, 1.807) is 12.1 Å². The average Bonchev–Trinajstić information content (AvgIpc) is 2.78. The van der Waals surface area contributed by atoms with Crippen LogP contribution in [0.15, 0.2) is 36.4 Å². The molecule has 2 aromatic rings. The summed E-state index contributed by atoms with van der Waals surface area (Å²) in [4.78, 5) is 0. The third-order valence-electron chi connectivity index (χ3n) is 4.97. The van der Waals surface area contributed by atoms with Gasteiger partial charge < -0.3 is 14.4 Å². The highest BCUT2D eigenvalue weighted by atomic mass is 35.5. The van der Waals surface area contributed by atoms with Crippen molar-refractivity contribution in [2.75, 3.05) is 0 Å². The smallest absolute Gasteiger partial charge is 0.494 e. The molecule has 3 rings (SSSR count). The summed E-state index contributed by atoms with van der Waals surface area (Å²) in [6.45, 7) is 8.14. The summed E-state index contributed by atoms with van der Waals surface area (Å²) >= 11 is 11.9. The minimum Gasteiger partial charge on any atom is -0.506 e. The third-order valence-corrected chi connectivity index (χ3v) is 5.48. The van der Waals surface area contributed by atoms with Gasteiger partial charge in [0, 0.05) is 10.6 Å². The maximum atomic E-state index is 10.0. The largest absolute Gasteiger partial charge is 0.506 e. The van der Waals surface area contributed by atoms with Gasteiger partial charge in [-0.15, -0.1) is 0 Å². The zero-order chi connectivity index (χ0) is 19.1. The van der Waals surface area contributed by atoms with Crippen LogP contribution in [0.5, 0.6) is 5.75 Å². The molecule has 1 heterocycles. The van der Waals surface area contributed by atoms with Gasteiger partial charge in [-0.05, 0) is 50.9 Å². The van der Waals surface area contributed by atoms with Crippen LogP contribution in [0.4, 0.5) is 0 Å². The molecule has 0 aliphatic carbocycles. The number of phenolic OH excluding ortho intramolecular Hbond substituents is 1. The Balaban J connectivity index is 1.77. The van der Waals surface area contributed by atoms with E-state index in [1.165, 1.54) is 6.07 Å². The molecule has 2 aromatic carbocycles. The molecule has 1 aliphatic heterocycles. The lowest BCUT2D eigenvalue weighted by Crippen LogP contribution is -2.41. The van der Waals surface area contributed by atoms with Crippen molar-refractivity contribution < 1.29 is 14.4 Å². The summed E-state index contributed by atoms with van der Waals surface area (Å²) in [6, 6.07) is 11.1. The topological polar surface area (TPSA) is 38.7 Å². The molecule has 0 amide bonds. The second-order valence-electron chi connectivity index (χ2n) is 7.41. The van der Waals surface area contributed by atoms with Crippen molar-refractivity contribution >= 4 is 47.9 Å². The first kappa shape index (κ1) is 19.3. The molecule has 26 heavy (non-hydrogen) atoms. The molecule has 0 bridgehead atoms. The fraction of sp³-hybridized carbons (Fsp3) is 0.300. The van der Waals surface area contributed by atoms with Gasteiger partial charge in [-0.1, -0.05) is 59.6 Å². The molecule has 3 nitrogen and oxygen atoms in total. The number of rotatable bonds is 3. The van der Waals surface area contributed by atoms with Crippen molar-refractivity contribution in [1.29, 1.82) is 0 Å². The Labute approximate surface area is 164 Å². The predicted molar refractivity (Wildman–Crippen MR) is 109 cm³/mol. The van der Waals surface area contributed by atoms with Gasteiger partial charge in [0.15, 0.2) is 0 Å². The number of aromatic hydroxyl groups is 1. The van der Waals surface area contributed by atoms with Gasteiger partial charge in [0.25, 0.3) is 0 Å². The quantitative estimate of drug-likeness (QED) is 0.580. The van der Waals surface area contributed by atoms with E-state index in [1.807, 2.05) is 58.0 Å². The van der Waals surface area contributed by atoms with Crippen LogP contribution in [0.2, 0.25) is 10.0 Å². The van der Waals surface area contributed by atoms with Gasteiger partial charge in [-0.2, -0.15) is 0 Å². The molecule has 1 N–H and O–H groups in total. The Morgan fingerprint density at radius 3 is 2.08 bits per heavy atom. The maximum Gasteiger partial charge on any atom is 0.494 e. The highest BCUT2D eigenvalue weighted by Gasteiger charge is 2.51. The zero-order valence-corrected chi connectivity index (χ0v) is 16.7. The van der Waals surface area contributed by atoms with Crippen LogP contribution in [-0.4, -0.2) is 23.4 Å². The molecule has 0 aromatic heterocycles. The predicted octanol–water partition coefficient (Wildman–Crippen LogP) is 5.17. The number of hydrogen-bond acceptors (Lipinski definition) is 3. The maximum absolute atomic E-state index is 10.0. The Hall–Kier alpha value is -1.46. The molecule has 0 atom stereocenters. The lowest BCUT2D eigenvalue weighted by molar-refractivity contribution is 0.00578. The molecule has 0 saturated carbocycles. The number of benzene rings is 2. The van der Waals surface area contributed by atoms with Crippen molar-refractivity contribution in [3.8, 4) is 5.75 Å². The van der Waals surface area contributed by atoms with Crippen LogP contribution in [0, 0.1) is 0 Å². The van der Waals surface area contributed by atoms with Gasteiger partial charge in [0.05, 0.1) is 16.2 Å². The third kappa shape index (κ3) is 3.79. The second kappa shape index (κ2) is 6.93. The Bertz CT molecular complexity index is 829. The van der Waals surface area contributed by atoms with Crippen molar-refractivity contribution in [1.82, 2.24) is 0 Å². The van der Waals surface area contributed by atoms with E-state index in [-0.39, 0.29) is 29.1 Å². The summed E-state index contributed by atoms with van der Waals surface area (Å²) in [7, 11) is -0.381. The fourth-order valence-corrected chi connectivity index (χ4v) is 3.15. The van der Waals surface area contributed by atoms with Crippen molar-refractivity contribution in [2.45, 2.75) is 38.9 Å². The molecule has 0 unspecified atom stereocenters. The first-order valence-corrected chi connectivity index (χ1v) is 9.16. The molecule has 1 aliphatic rings. The minimum atomic E-state index is -0.381. The summed E-state index contributed by atoms with van der Waals surface area (Å²) in [5, 5.41) is 10.7. The van der Waals surface area contributed by atoms with E-state index < -0.39 is 0 Å². The van der Waals surface area contributed by atoms with Crippen LogP contribution in [0.3, 0.4) is 0 Å². The molecule has 1 saturated heterocycles. The van der Waals surface area contributed by atoms with Crippen LogP contribution < -0.4 is 5.46 Å². The van der Waals surface area contributed by atoms with Crippen LogP contribution >= 0.6 is 23.2 Å². The minimum absolute atomic E-state index is 0.0150. The highest BCUT2D eigenvalue weighted by Crippen LogP contribution is 2.36. The van der Waals surface area contributed by atoms with E-state index in [9.17, 15) is 5.11 Å². The monoisotopic (exact) mass is 390 g/mol. The molecule has 0 spiro atoms. The van der Waals surface area contributed by atoms with Crippen LogP contribution in [-0.2, 0) is 9.31 Å². The fourth-order valence-electron chi connectivity index (χ4n) is 2.64. The molecule has 1 fully saturated rings. The van der Waals surface area contributed by atoms with Crippen LogP contribution in [0.25, 0.3) is 12.2 Å². The molecular formula is C20H21BCl2O3. The Kier molecular flexibility index (Phi) is 5.15. The zero-order valence-electron chi connectivity index (χ0n) is 15.2. The van der Waals surface area contributed by atoms with Crippen molar-refractivity contribution in [3.05, 3.63) is 57.6 Å².